The molecule has 358 valence electrons. The van der Waals surface area contributed by atoms with Crippen molar-refractivity contribution in [3.05, 3.63) is 24.8 Å². The molecule has 28 heteroatoms. The number of hydrogen-bond donors (Lipinski definition) is 5. The van der Waals surface area contributed by atoms with Gasteiger partial charge < -0.3 is 69.0 Å². The van der Waals surface area contributed by atoms with Crippen molar-refractivity contribution in [2.75, 3.05) is 37.8 Å². The third-order valence-corrected chi connectivity index (χ3v) is 13.3. The van der Waals surface area contributed by atoms with Crippen molar-refractivity contribution in [1.82, 2.24) is 30.2 Å². The topological polar surface area (TPSA) is 375 Å². The number of phosphoric ester groups is 3. The Kier molecular flexibility index (Phi) is 22.4. The fourth-order valence-electron chi connectivity index (χ4n) is 5.98. The van der Waals surface area contributed by atoms with E-state index in [9.17, 15) is 57.9 Å². The number of rotatable bonds is 30. The summed E-state index contributed by atoms with van der Waals surface area (Å²) in [4.78, 5) is 96.6. The molecule has 2 aromatic rings. The van der Waals surface area contributed by atoms with E-state index in [0.29, 0.717) is 12.2 Å². The van der Waals surface area contributed by atoms with Crippen molar-refractivity contribution in [3.8, 4) is 0 Å². The number of nitrogens with two attached hydrogens (primary N) is 1. The van der Waals surface area contributed by atoms with Gasteiger partial charge in [0, 0.05) is 37.1 Å². The zero-order valence-electron chi connectivity index (χ0n) is 35.1. The standard InChI is InChI=1S/C35H60N7O17P3S/c1-4-5-6-7-8-9-10-11-12-13-14-15-26(44)63-19-18-37-25(43)16-17-38-33(47)30(46)35(2,3)21-56-62(53,54)59-61(51,52)55-20-24-29(58-60(48,49)50)28(45)34(57-24)42-23-41-27-31(36)39-22-40-32(27)42/h9-10,22-24,28-30,34,45-46H,4-8,11-21H2,1-3H3,(H,37,43)(H,38,47)(H,51,52)(H,53,54)(H2,36,39,40)(H2,48,49,50)/p-4/t24-,28-,29-,30+,34-/m1/s1. The number of amides is 2. The molecular weight excluding hydrogens is 915 g/mol. The van der Waals surface area contributed by atoms with Crippen LogP contribution >= 0.6 is 35.2 Å². The molecular formula is C35H56N7O17P3S-4. The summed E-state index contributed by atoms with van der Waals surface area (Å²) in [7, 11) is -17.6. The Morgan fingerprint density at radius 2 is 1.63 bits per heavy atom. The first-order valence-corrected chi connectivity index (χ1v) is 25.5. The lowest BCUT2D eigenvalue weighted by Crippen LogP contribution is -2.46. The van der Waals surface area contributed by atoms with Crippen LogP contribution in [0.2, 0.25) is 0 Å². The SMILES string of the molecule is CCCCCCC=CCCCCCC(=O)SCCNC(=O)CCNC(=O)[C@H](O)C(C)(C)COP(=O)([O-])OP(=O)([O-])OC[C@H]1O[C@@H](n2cnc3c(N)ncnc32)[C@H](O)[C@@H]1OP(=O)([O-])[O-]. The average molecular weight is 972 g/mol. The van der Waals surface area contributed by atoms with Crippen LogP contribution in [0.5, 0.6) is 0 Å². The van der Waals surface area contributed by atoms with Crippen molar-refractivity contribution in [2.24, 2.45) is 5.41 Å². The normalized spacial score (nSPS) is 20.7. The van der Waals surface area contributed by atoms with Gasteiger partial charge in [-0.2, -0.15) is 0 Å². The molecule has 0 aliphatic carbocycles. The number of carbonyl (C=O) groups is 3. The van der Waals surface area contributed by atoms with E-state index in [0.717, 1.165) is 61.1 Å². The Morgan fingerprint density at radius 3 is 2.30 bits per heavy atom. The molecule has 0 bridgehead atoms. The molecule has 0 spiro atoms. The number of nitrogen functional groups attached to an aromatic ring is 1. The second kappa shape index (κ2) is 25.9. The summed E-state index contributed by atoms with van der Waals surface area (Å²) in [6.45, 7) is 2.34. The Morgan fingerprint density at radius 1 is 0.968 bits per heavy atom. The van der Waals surface area contributed by atoms with E-state index in [1.54, 1.807) is 0 Å². The molecule has 0 aromatic carbocycles. The molecule has 7 atom stereocenters. The molecule has 3 heterocycles. The number of aliphatic hydroxyl groups excluding tert-OH is 2. The van der Waals surface area contributed by atoms with Crippen LogP contribution in [0.3, 0.4) is 0 Å². The molecule has 63 heavy (non-hydrogen) atoms. The number of imidazole rings is 1. The molecule has 2 amide bonds. The minimum atomic E-state index is -5.92. The number of ether oxygens (including phenoxy) is 1. The van der Waals surface area contributed by atoms with Crippen molar-refractivity contribution in [2.45, 2.75) is 122 Å². The smallest absolute Gasteiger partial charge is 0.274 e. The molecule has 0 radical (unpaired) electrons. The molecule has 1 saturated heterocycles. The number of nitrogens with zero attached hydrogens (tertiary/aromatic N) is 4. The Bertz CT molecular complexity index is 1970. The number of thioether (sulfide) groups is 1. The van der Waals surface area contributed by atoms with Crippen LogP contribution in [-0.4, -0.2) is 103 Å². The molecule has 3 rings (SSSR count). The Hall–Kier alpha value is -2.70. The minimum absolute atomic E-state index is 0.0194. The van der Waals surface area contributed by atoms with Crippen LogP contribution in [0.4, 0.5) is 5.82 Å². The first kappa shape index (κ1) is 54.6. The van der Waals surface area contributed by atoms with Gasteiger partial charge in [-0.15, -0.1) is 0 Å². The number of aliphatic hydroxyl groups is 2. The summed E-state index contributed by atoms with van der Waals surface area (Å²) in [6.07, 6.45) is 7.17. The average Bonchev–Trinajstić information content (AvgIpc) is 3.76. The number of anilines is 1. The van der Waals surface area contributed by atoms with Crippen molar-refractivity contribution in [1.29, 1.82) is 0 Å². The van der Waals surface area contributed by atoms with Crippen LogP contribution in [0.15, 0.2) is 24.8 Å². The molecule has 1 aliphatic heterocycles. The van der Waals surface area contributed by atoms with Crippen molar-refractivity contribution >= 4 is 69.1 Å². The fourth-order valence-corrected chi connectivity index (χ4v) is 9.43. The predicted molar refractivity (Wildman–Crippen MR) is 219 cm³/mol. The summed E-state index contributed by atoms with van der Waals surface area (Å²) < 4.78 is 60.7. The fraction of sp³-hybridized carbons (Fsp3) is 0.714. The number of nitrogens with one attached hydrogen (secondary N) is 2. The van der Waals surface area contributed by atoms with E-state index in [-0.39, 0.29) is 41.6 Å². The second-order valence-corrected chi connectivity index (χ2v) is 20.3. The maximum atomic E-state index is 12.6. The molecule has 1 fully saturated rings. The van der Waals surface area contributed by atoms with E-state index >= 15 is 0 Å². The zero-order valence-corrected chi connectivity index (χ0v) is 38.6. The van der Waals surface area contributed by atoms with Gasteiger partial charge in [-0.25, -0.2) is 19.3 Å². The van der Waals surface area contributed by atoms with Gasteiger partial charge in [-0.3, -0.25) is 28.1 Å². The maximum absolute atomic E-state index is 12.6. The largest absolute Gasteiger partial charge is 0.790 e. The van der Waals surface area contributed by atoms with E-state index in [1.165, 1.54) is 39.5 Å². The lowest BCUT2D eigenvalue weighted by atomic mass is 9.87. The van der Waals surface area contributed by atoms with Crippen LogP contribution < -0.4 is 35.9 Å². The number of carbonyl (C=O) groups excluding carboxylic acids is 3. The van der Waals surface area contributed by atoms with E-state index in [2.05, 4.69) is 62.5 Å². The second-order valence-electron chi connectivity index (χ2n) is 15.1. The quantitative estimate of drug-likeness (QED) is 0.0407. The van der Waals surface area contributed by atoms with Crippen LogP contribution in [0.1, 0.15) is 97.6 Å². The lowest BCUT2D eigenvalue weighted by Gasteiger charge is -2.36. The summed E-state index contributed by atoms with van der Waals surface area (Å²) in [5, 5.41) is 26.4. The predicted octanol–water partition coefficient (Wildman–Crippen LogP) is 0.614. The highest BCUT2D eigenvalue weighted by Crippen LogP contribution is 2.56. The van der Waals surface area contributed by atoms with Gasteiger partial charge in [-0.1, -0.05) is 70.4 Å². The number of allylic oxidation sites excluding steroid dienone is 2. The third kappa shape index (κ3) is 19.4. The lowest BCUT2D eigenvalue weighted by molar-refractivity contribution is -0.347. The van der Waals surface area contributed by atoms with Gasteiger partial charge in [0.1, 0.15) is 36.3 Å². The van der Waals surface area contributed by atoms with Crippen molar-refractivity contribution in [3.63, 3.8) is 0 Å². The molecule has 1 aliphatic rings. The number of unbranched alkanes of at least 4 members (excludes halogenated alkanes) is 7. The summed E-state index contributed by atoms with van der Waals surface area (Å²) in [5.74, 6) is -1.15. The molecule has 6 N–H and O–H groups in total. The van der Waals surface area contributed by atoms with Crippen LogP contribution in [0, 0.1) is 5.41 Å². The summed E-state index contributed by atoms with van der Waals surface area (Å²) in [5.41, 5.74) is 4.08. The van der Waals surface area contributed by atoms with Gasteiger partial charge >= 0.3 is 0 Å². The van der Waals surface area contributed by atoms with Gasteiger partial charge in [0.15, 0.2) is 22.8 Å². The first-order chi connectivity index (χ1) is 29.6. The zero-order chi connectivity index (χ0) is 46.8. The van der Waals surface area contributed by atoms with E-state index in [1.807, 2.05) is 0 Å². The third-order valence-electron chi connectivity index (χ3n) is 9.38. The molecule has 24 nitrogen and oxygen atoms in total. The van der Waals surface area contributed by atoms with Crippen molar-refractivity contribution < 1.29 is 80.5 Å². The van der Waals surface area contributed by atoms with Gasteiger partial charge in [0.25, 0.3) is 15.6 Å². The number of hydrogen-bond acceptors (Lipinski definition) is 22. The molecule has 2 aromatic heterocycles. The monoisotopic (exact) mass is 971 g/mol. The highest BCUT2D eigenvalue weighted by Gasteiger charge is 2.47. The van der Waals surface area contributed by atoms with Gasteiger partial charge in [-0.05, 0) is 32.1 Å². The minimum Gasteiger partial charge on any atom is -0.790 e. The Labute approximate surface area is 368 Å². The highest BCUT2D eigenvalue weighted by atomic mass is 32.2. The van der Waals surface area contributed by atoms with E-state index in [4.69, 9.17) is 10.5 Å². The van der Waals surface area contributed by atoms with Crippen LogP contribution in [0.25, 0.3) is 11.2 Å². The van der Waals surface area contributed by atoms with Gasteiger partial charge in [0.05, 0.1) is 27.4 Å². The maximum Gasteiger partial charge on any atom is 0.274 e. The summed E-state index contributed by atoms with van der Waals surface area (Å²) in [6, 6.07) is 0. The Balaban J connectivity index is 1.36. The molecule has 0 saturated carbocycles. The van der Waals surface area contributed by atoms with E-state index < -0.39 is 84.6 Å². The number of aromatic nitrogens is 4. The molecule has 2 unspecified atom stereocenters. The number of fused-ring (bicyclic) bond motifs is 1. The van der Waals surface area contributed by atoms with Crippen LogP contribution in [-0.2, 0) is 50.7 Å². The first-order valence-electron chi connectivity index (χ1n) is 20.2. The number of phosphoric acid groups is 3. The summed E-state index contributed by atoms with van der Waals surface area (Å²) >= 11 is 1.13. The van der Waals surface area contributed by atoms with Gasteiger partial charge in [0.2, 0.25) is 11.8 Å². The highest BCUT2D eigenvalue weighted by molar-refractivity contribution is 8.13.